The molecule has 0 radical (unpaired) electrons. The van der Waals surface area contributed by atoms with Crippen molar-refractivity contribution < 1.29 is 12.8 Å². The van der Waals surface area contributed by atoms with Crippen molar-refractivity contribution in [2.75, 3.05) is 23.4 Å². The molecule has 0 bridgehead atoms. The summed E-state index contributed by atoms with van der Waals surface area (Å²) in [5, 5.41) is 2.98. The van der Waals surface area contributed by atoms with Gasteiger partial charge in [0.1, 0.15) is 5.82 Å². The minimum Gasteiger partial charge on any atom is -0.383 e. The van der Waals surface area contributed by atoms with E-state index in [1.54, 1.807) is 13.0 Å². The second-order valence-electron chi connectivity index (χ2n) is 3.29. The number of sulfone groups is 1. The molecule has 0 saturated heterocycles. The standard InChI is InChI=1S/C10H13FINO2S/c1-2-16(14,15)6-5-13-10-4-3-8(11)7-9(10)12/h3-4,7,13H,2,5-6H2,1H3. The summed E-state index contributed by atoms with van der Waals surface area (Å²) in [4.78, 5) is 0. The fraction of sp³-hybridized carbons (Fsp3) is 0.400. The molecule has 0 unspecified atom stereocenters. The molecule has 16 heavy (non-hydrogen) atoms. The normalized spacial score (nSPS) is 11.4. The van der Waals surface area contributed by atoms with E-state index >= 15 is 0 Å². The van der Waals surface area contributed by atoms with Crippen LogP contribution in [0, 0.1) is 9.39 Å². The molecule has 90 valence electrons. The second-order valence-corrected chi connectivity index (χ2v) is 6.92. The van der Waals surface area contributed by atoms with Gasteiger partial charge < -0.3 is 5.32 Å². The van der Waals surface area contributed by atoms with Crippen molar-refractivity contribution in [1.29, 1.82) is 0 Å². The molecule has 0 aliphatic carbocycles. The lowest BCUT2D eigenvalue weighted by molar-refractivity contribution is 0.597. The Balaban J connectivity index is 2.56. The average molecular weight is 357 g/mol. The van der Waals surface area contributed by atoms with Gasteiger partial charge in [-0.15, -0.1) is 0 Å². The van der Waals surface area contributed by atoms with E-state index in [1.165, 1.54) is 12.1 Å². The molecule has 1 aromatic carbocycles. The molecule has 0 atom stereocenters. The Hall–Kier alpha value is -0.370. The van der Waals surface area contributed by atoms with Crippen molar-refractivity contribution in [1.82, 2.24) is 0 Å². The lowest BCUT2D eigenvalue weighted by atomic mass is 10.3. The van der Waals surface area contributed by atoms with Gasteiger partial charge in [0.25, 0.3) is 0 Å². The number of anilines is 1. The zero-order valence-corrected chi connectivity index (χ0v) is 11.8. The molecule has 6 heteroatoms. The minimum absolute atomic E-state index is 0.0942. The Morgan fingerprint density at radius 2 is 2.12 bits per heavy atom. The number of hydrogen-bond acceptors (Lipinski definition) is 3. The van der Waals surface area contributed by atoms with Crippen LogP contribution in [-0.4, -0.2) is 26.5 Å². The van der Waals surface area contributed by atoms with Crippen molar-refractivity contribution >= 4 is 38.1 Å². The summed E-state index contributed by atoms with van der Waals surface area (Å²) >= 11 is 2.00. The number of nitrogens with one attached hydrogen (secondary N) is 1. The molecule has 0 heterocycles. The third kappa shape index (κ3) is 4.25. The Kier molecular flexibility index (Phi) is 4.97. The third-order valence-electron chi connectivity index (χ3n) is 2.10. The minimum atomic E-state index is -2.95. The van der Waals surface area contributed by atoms with Crippen molar-refractivity contribution in [3.05, 3.63) is 27.6 Å². The summed E-state index contributed by atoms with van der Waals surface area (Å²) in [6, 6.07) is 4.35. The van der Waals surface area contributed by atoms with E-state index in [2.05, 4.69) is 5.32 Å². The Labute approximate surface area is 108 Å². The molecular weight excluding hydrogens is 344 g/mol. The predicted octanol–water partition coefficient (Wildman–Crippen LogP) is 2.28. The second kappa shape index (κ2) is 5.81. The molecule has 0 aliphatic heterocycles. The summed E-state index contributed by atoms with van der Waals surface area (Å²) in [6.45, 7) is 1.97. The number of halogens is 2. The average Bonchev–Trinajstić information content (AvgIpc) is 2.21. The molecule has 1 rings (SSSR count). The van der Waals surface area contributed by atoms with Gasteiger partial charge in [-0.05, 0) is 40.8 Å². The van der Waals surface area contributed by atoms with Crippen LogP contribution in [0.4, 0.5) is 10.1 Å². The highest BCUT2D eigenvalue weighted by Crippen LogP contribution is 2.18. The van der Waals surface area contributed by atoms with Gasteiger partial charge in [0.15, 0.2) is 9.84 Å². The van der Waals surface area contributed by atoms with Crippen LogP contribution >= 0.6 is 22.6 Å². The predicted molar refractivity (Wildman–Crippen MR) is 71.9 cm³/mol. The Bertz CT molecular complexity index is 462. The first-order valence-corrected chi connectivity index (χ1v) is 7.74. The molecule has 0 saturated carbocycles. The van der Waals surface area contributed by atoms with Crippen LogP contribution in [-0.2, 0) is 9.84 Å². The van der Waals surface area contributed by atoms with Crippen LogP contribution in [0.25, 0.3) is 0 Å². The lowest BCUT2D eigenvalue weighted by Crippen LogP contribution is -2.17. The van der Waals surface area contributed by atoms with Gasteiger partial charge in [0.05, 0.1) is 5.75 Å². The maximum absolute atomic E-state index is 12.8. The van der Waals surface area contributed by atoms with Crippen molar-refractivity contribution in [3.63, 3.8) is 0 Å². The van der Waals surface area contributed by atoms with Crippen LogP contribution in [0.1, 0.15) is 6.92 Å². The highest BCUT2D eigenvalue weighted by molar-refractivity contribution is 14.1. The van der Waals surface area contributed by atoms with Gasteiger partial charge in [-0.1, -0.05) is 6.92 Å². The first-order chi connectivity index (χ1) is 7.44. The molecule has 0 fully saturated rings. The molecule has 0 spiro atoms. The fourth-order valence-electron chi connectivity index (χ4n) is 1.12. The number of benzene rings is 1. The van der Waals surface area contributed by atoms with Gasteiger partial charge in [0, 0.05) is 21.6 Å². The van der Waals surface area contributed by atoms with Crippen molar-refractivity contribution in [2.45, 2.75) is 6.92 Å². The molecule has 1 aromatic rings. The largest absolute Gasteiger partial charge is 0.383 e. The lowest BCUT2D eigenvalue weighted by Gasteiger charge is -2.08. The molecule has 0 aromatic heterocycles. The molecule has 0 aliphatic rings. The SMILES string of the molecule is CCS(=O)(=O)CCNc1ccc(F)cc1I. The van der Waals surface area contributed by atoms with Gasteiger partial charge in [-0.2, -0.15) is 0 Å². The summed E-state index contributed by atoms with van der Waals surface area (Å²) in [5.41, 5.74) is 0.758. The molecule has 1 N–H and O–H groups in total. The third-order valence-corrected chi connectivity index (χ3v) is 4.70. The zero-order chi connectivity index (χ0) is 12.2. The smallest absolute Gasteiger partial charge is 0.151 e. The van der Waals surface area contributed by atoms with Crippen LogP contribution in [0.3, 0.4) is 0 Å². The molecular formula is C10H13FINO2S. The summed E-state index contributed by atoms with van der Waals surface area (Å²) in [7, 11) is -2.95. The number of hydrogen-bond donors (Lipinski definition) is 1. The van der Waals surface area contributed by atoms with Crippen molar-refractivity contribution in [2.24, 2.45) is 0 Å². The summed E-state index contributed by atoms with van der Waals surface area (Å²) in [5.74, 6) is -0.0530. The van der Waals surface area contributed by atoms with E-state index in [0.717, 1.165) is 9.26 Å². The van der Waals surface area contributed by atoms with Gasteiger partial charge in [0.2, 0.25) is 0 Å². The summed E-state index contributed by atoms with van der Waals surface area (Å²) < 4.78 is 36.0. The topological polar surface area (TPSA) is 46.2 Å². The van der Waals surface area contributed by atoms with E-state index in [4.69, 9.17) is 0 Å². The monoisotopic (exact) mass is 357 g/mol. The van der Waals surface area contributed by atoms with Gasteiger partial charge >= 0.3 is 0 Å². The van der Waals surface area contributed by atoms with Crippen LogP contribution in [0.5, 0.6) is 0 Å². The quantitative estimate of drug-likeness (QED) is 0.823. The van der Waals surface area contributed by atoms with E-state index in [-0.39, 0.29) is 17.3 Å². The van der Waals surface area contributed by atoms with Gasteiger partial charge in [-0.3, -0.25) is 0 Å². The molecule has 3 nitrogen and oxygen atoms in total. The zero-order valence-electron chi connectivity index (χ0n) is 8.83. The maximum Gasteiger partial charge on any atom is 0.151 e. The van der Waals surface area contributed by atoms with E-state index in [1.807, 2.05) is 22.6 Å². The van der Waals surface area contributed by atoms with Crippen LogP contribution in [0.15, 0.2) is 18.2 Å². The Morgan fingerprint density at radius 3 is 2.69 bits per heavy atom. The maximum atomic E-state index is 12.8. The van der Waals surface area contributed by atoms with E-state index in [0.29, 0.717) is 6.54 Å². The Morgan fingerprint density at radius 1 is 1.44 bits per heavy atom. The van der Waals surface area contributed by atoms with Crippen LogP contribution < -0.4 is 5.32 Å². The van der Waals surface area contributed by atoms with E-state index < -0.39 is 9.84 Å². The first kappa shape index (κ1) is 13.7. The molecule has 0 amide bonds. The highest BCUT2D eigenvalue weighted by Gasteiger charge is 2.07. The fourth-order valence-corrected chi connectivity index (χ4v) is 2.49. The van der Waals surface area contributed by atoms with Crippen molar-refractivity contribution in [3.8, 4) is 0 Å². The van der Waals surface area contributed by atoms with Crippen LogP contribution in [0.2, 0.25) is 0 Å². The number of rotatable bonds is 5. The summed E-state index contributed by atoms with van der Waals surface area (Å²) in [6.07, 6.45) is 0. The highest BCUT2D eigenvalue weighted by atomic mass is 127. The van der Waals surface area contributed by atoms with E-state index in [9.17, 15) is 12.8 Å². The van der Waals surface area contributed by atoms with Gasteiger partial charge in [-0.25, -0.2) is 12.8 Å². The first-order valence-electron chi connectivity index (χ1n) is 4.84.